The third-order valence-corrected chi connectivity index (χ3v) is 9.24. The first kappa shape index (κ1) is 31.4. The van der Waals surface area contributed by atoms with Crippen LogP contribution in [-0.2, 0) is 34.0 Å². The van der Waals surface area contributed by atoms with E-state index in [-0.39, 0.29) is 30.2 Å². The molecule has 0 saturated carbocycles. The minimum absolute atomic E-state index is 0.106. The van der Waals surface area contributed by atoms with Crippen molar-refractivity contribution in [3.8, 4) is 0 Å². The Balaban J connectivity index is 1.23. The van der Waals surface area contributed by atoms with E-state index in [1.807, 2.05) is 54.6 Å². The molecule has 2 aliphatic heterocycles. The highest BCUT2D eigenvalue weighted by Gasteiger charge is 2.44. The van der Waals surface area contributed by atoms with Crippen molar-refractivity contribution >= 4 is 5.69 Å². The number of hydrogen-bond donors (Lipinski definition) is 0. The molecule has 0 bridgehead atoms. The van der Waals surface area contributed by atoms with E-state index in [0.29, 0.717) is 31.4 Å². The van der Waals surface area contributed by atoms with E-state index in [9.17, 15) is 4.39 Å². The quantitative estimate of drug-likeness (QED) is 0.166. The van der Waals surface area contributed by atoms with E-state index in [1.165, 1.54) is 0 Å². The highest BCUT2D eigenvalue weighted by molar-refractivity contribution is 5.48. The standard InChI is InChI=1S/C39H45FN2O3/c1-30-38(44-28-32-16-7-3-8-17-32)39(45-29-33-18-9-4-10-19-33)37(43-27-31-14-5-2-6-15-31)26-42(30)25-34-20-13-23-41(24-34)36-22-12-11-21-35(36)40/h2-12,14-19,21-22,30,34,37-39H,13,20,23-29H2,1H3/t30-,34+,37+,38-,39-/m1/s1. The number of anilines is 1. The summed E-state index contributed by atoms with van der Waals surface area (Å²) in [5.74, 6) is 0.263. The minimum atomic E-state index is -0.245. The summed E-state index contributed by atoms with van der Waals surface area (Å²) >= 11 is 0. The molecule has 0 amide bonds. The Morgan fingerprint density at radius 1 is 0.644 bits per heavy atom. The summed E-state index contributed by atoms with van der Waals surface area (Å²) in [5, 5.41) is 0. The van der Waals surface area contributed by atoms with Crippen molar-refractivity contribution in [2.24, 2.45) is 5.92 Å². The molecule has 0 N–H and O–H groups in total. The normalized spacial score (nSPS) is 24.0. The third kappa shape index (κ3) is 8.39. The lowest BCUT2D eigenvalue weighted by Crippen LogP contribution is -2.63. The fourth-order valence-electron chi connectivity index (χ4n) is 6.80. The van der Waals surface area contributed by atoms with Crippen molar-refractivity contribution in [1.82, 2.24) is 4.90 Å². The summed E-state index contributed by atoms with van der Waals surface area (Å²) in [6, 6.07) is 38.2. The maximum absolute atomic E-state index is 14.7. The Morgan fingerprint density at radius 2 is 1.18 bits per heavy atom. The molecule has 0 aliphatic carbocycles. The van der Waals surface area contributed by atoms with Gasteiger partial charge in [-0.3, -0.25) is 4.90 Å². The predicted octanol–water partition coefficient (Wildman–Crippen LogP) is 7.50. The van der Waals surface area contributed by atoms with E-state index in [2.05, 4.69) is 65.3 Å². The number of ether oxygens (including phenoxy) is 3. The minimum Gasteiger partial charge on any atom is -0.369 e. The predicted molar refractivity (Wildman–Crippen MR) is 177 cm³/mol. The summed E-state index contributed by atoms with van der Waals surface area (Å²) in [7, 11) is 0. The van der Waals surface area contributed by atoms with Crippen molar-refractivity contribution in [1.29, 1.82) is 0 Å². The van der Waals surface area contributed by atoms with Crippen LogP contribution in [0.5, 0.6) is 0 Å². The zero-order chi connectivity index (χ0) is 30.8. The molecule has 2 saturated heterocycles. The first-order valence-corrected chi connectivity index (χ1v) is 16.3. The Bertz CT molecular complexity index is 1440. The Kier molecular flexibility index (Phi) is 10.9. The summed E-state index contributed by atoms with van der Waals surface area (Å²) in [5.41, 5.74) is 4.11. The van der Waals surface area contributed by atoms with Gasteiger partial charge in [0.15, 0.2) is 0 Å². The highest BCUT2D eigenvalue weighted by atomic mass is 19.1. The number of hydrogen-bond acceptors (Lipinski definition) is 5. The van der Waals surface area contributed by atoms with Gasteiger partial charge in [-0.05, 0) is 54.5 Å². The van der Waals surface area contributed by atoms with Crippen LogP contribution in [0.4, 0.5) is 10.1 Å². The molecule has 0 unspecified atom stereocenters. The lowest BCUT2D eigenvalue weighted by Gasteiger charge is -2.49. The maximum atomic E-state index is 14.7. The van der Waals surface area contributed by atoms with Crippen LogP contribution in [0, 0.1) is 11.7 Å². The van der Waals surface area contributed by atoms with Gasteiger partial charge in [0, 0.05) is 32.2 Å². The van der Waals surface area contributed by atoms with Crippen LogP contribution in [0.25, 0.3) is 0 Å². The van der Waals surface area contributed by atoms with Crippen molar-refractivity contribution in [2.45, 2.75) is 63.9 Å². The van der Waals surface area contributed by atoms with Gasteiger partial charge in [-0.1, -0.05) is 103 Å². The van der Waals surface area contributed by atoms with Gasteiger partial charge in [-0.25, -0.2) is 4.39 Å². The van der Waals surface area contributed by atoms with Crippen LogP contribution < -0.4 is 4.90 Å². The van der Waals surface area contributed by atoms with Crippen LogP contribution in [0.2, 0.25) is 0 Å². The second-order valence-corrected chi connectivity index (χ2v) is 12.5. The van der Waals surface area contributed by atoms with Gasteiger partial charge >= 0.3 is 0 Å². The molecule has 2 fully saturated rings. The summed E-state index contributed by atoms with van der Waals surface area (Å²) < 4.78 is 35.0. The molecule has 45 heavy (non-hydrogen) atoms. The van der Waals surface area contributed by atoms with Gasteiger partial charge < -0.3 is 19.1 Å². The molecule has 4 aromatic rings. The molecule has 5 atom stereocenters. The Morgan fingerprint density at radius 3 is 1.78 bits per heavy atom. The SMILES string of the molecule is C[C@@H]1[C@@H](OCc2ccccc2)[C@H](OCc2ccccc2)[C@@H](OCc2ccccc2)CN1C[C@H]1CCCN(c2ccccc2F)C1. The van der Waals surface area contributed by atoms with Crippen LogP contribution >= 0.6 is 0 Å². The third-order valence-electron chi connectivity index (χ3n) is 9.24. The first-order valence-electron chi connectivity index (χ1n) is 16.3. The van der Waals surface area contributed by atoms with Crippen LogP contribution in [0.3, 0.4) is 0 Å². The molecule has 236 valence electrons. The topological polar surface area (TPSA) is 34.2 Å². The lowest BCUT2D eigenvalue weighted by atomic mass is 9.90. The molecule has 2 heterocycles. The molecule has 6 heteroatoms. The first-order chi connectivity index (χ1) is 22.1. The Labute approximate surface area is 267 Å². The molecular formula is C39H45FN2O3. The molecule has 2 aliphatic rings. The van der Waals surface area contributed by atoms with Gasteiger partial charge in [0.05, 0.1) is 31.6 Å². The molecule has 5 nitrogen and oxygen atoms in total. The van der Waals surface area contributed by atoms with Crippen molar-refractivity contribution in [2.75, 3.05) is 31.1 Å². The van der Waals surface area contributed by atoms with Gasteiger partial charge in [-0.2, -0.15) is 0 Å². The van der Waals surface area contributed by atoms with E-state index in [1.54, 1.807) is 12.1 Å². The maximum Gasteiger partial charge on any atom is 0.146 e. The molecule has 6 rings (SSSR count). The van der Waals surface area contributed by atoms with Crippen molar-refractivity contribution < 1.29 is 18.6 Å². The number of para-hydroxylation sites is 1. The lowest BCUT2D eigenvalue weighted by molar-refractivity contribution is -0.202. The number of halogens is 1. The van der Waals surface area contributed by atoms with Crippen molar-refractivity contribution in [3.05, 3.63) is 138 Å². The van der Waals surface area contributed by atoms with Crippen LogP contribution in [0.1, 0.15) is 36.5 Å². The summed E-state index contributed by atoms with van der Waals surface area (Å²) in [6.07, 6.45) is 1.54. The Hall–Kier alpha value is -3.55. The molecular weight excluding hydrogens is 563 g/mol. The van der Waals surface area contributed by atoms with Crippen LogP contribution in [-0.4, -0.2) is 55.4 Å². The van der Waals surface area contributed by atoms with E-state index >= 15 is 0 Å². The van der Waals surface area contributed by atoms with Crippen LogP contribution in [0.15, 0.2) is 115 Å². The second kappa shape index (κ2) is 15.6. The zero-order valence-corrected chi connectivity index (χ0v) is 26.2. The zero-order valence-electron chi connectivity index (χ0n) is 26.2. The van der Waals surface area contributed by atoms with E-state index < -0.39 is 0 Å². The largest absolute Gasteiger partial charge is 0.369 e. The van der Waals surface area contributed by atoms with Gasteiger partial charge in [-0.15, -0.1) is 0 Å². The average Bonchev–Trinajstić information content (AvgIpc) is 3.09. The van der Waals surface area contributed by atoms with E-state index in [0.717, 1.165) is 55.7 Å². The average molecular weight is 609 g/mol. The van der Waals surface area contributed by atoms with Gasteiger partial charge in [0.1, 0.15) is 18.0 Å². The molecule has 0 radical (unpaired) electrons. The molecule has 0 spiro atoms. The summed E-state index contributed by atoms with van der Waals surface area (Å²) in [4.78, 5) is 4.75. The fraction of sp³-hybridized carbons (Fsp3) is 0.385. The molecule has 0 aromatic heterocycles. The number of rotatable bonds is 12. The highest BCUT2D eigenvalue weighted by Crippen LogP contribution is 2.32. The monoisotopic (exact) mass is 608 g/mol. The number of nitrogens with zero attached hydrogens (tertiary/aromatic N) is 2. The molecule has 4 aromatic carbocycles. The summed E-state index contributed by atoms with van der Waals surface area (Å²) in [6.45, 7) is 7.13. The second-order valence-electron chi connectivity index (χ2n) is 12.5. The van der Waals surface area contributed by atoms with Crippen molar-refractivity contribution in [3.63, 3.8) is 0 Å². The smallest absolute Gasteiger partial charge is 0.146 e. The van der Waals surface area contributed by atoms with Gasteiger partial charge in [0.2, 0.25) is 0 Å². The van der Waals surface area contributed by atoms with Gasteiger partial charge in [0.25, 0.3) is 0 Å². The number of benzene rings is 4. The van der Waals surface area contributed by atoms with E-state index in [4.69, 9.17) is 14.2 Å². The number of likely N-dealkylation sites (tertiary alicyclic amines) is 1. The number of piperidine rings is 2. The fourth-order valence-corrected chi connectivity index (χ4v) is 6.80.